The fourth-order valence-corrected chi connectivity index (χ4v) is 1.98. The highest BCUT2D eigenvalue weighted by Gasteiger charge is 2.41. The van der Waals surface area contributed by atoms with Crippen molar-refractivity contribution in [1.29, 1.82) is 0 Å². The Hall–Kier alpha value is -0.600. The summed E-state index contributed by atoms with van der Waals surface area (Å²) in [7, 11) is 0. The van der Waals surface area contributed by atoms with Crippen LogP contribution < -0.4 is 0 Å². The second kappa shape index (κ2) is 3.04. The highest BCUT2D eigenvalue weighted by Crippen LogP contribution is 2.37. The largest absolute Gasteiger partial charge is 0.392 e. The zero-order valence-electron chi connectivity index (χ0n) is 7.07. The third kappa shape index (κ3) is 1.21. The molecule has 1 saturated heterocycles. The van der Waals surface area contributed by atoms with E-state index < -0.39 is 0 Å². The van der Waals surface area contributed by atoms with Crippen LogP contribution in [0.15, 0.2) is 24.3 Å². The summed E-state index contributed by atoms with van der Waals surface area (Å²) in [5.74, 6) is 0.395. The fourth-order valence-electron chi connectivity index (χ4n) is 1.98. The van der Waals surface area contributed by atoms with Crippen LogP contribution in [0.2, 0.25) is 0 Å². The number of fused-ring (bicyclic) bond motifs is 1. The summed E-state index contributed by atoms with van der Waals surface area (Å²) in [6.07, 6.45) is 5.63. The van der Waals surface area contributed by atoms with Crippen molar-refractivity contribution in [1.82, 2.24) is 0 Å². The molecule has 0 aromatic carbocycles. The first-order valence-electron chi connectivity index (χ1n) is 4.41. The van der Waals surface area contributed by atoms with E-state index in [1.807, 2.05) is 6.08 Å². The fraction of sp³-hybridized carbons (Fsp3) is 0.600. The Morgan fingerprint density at radius 1 is 1.50 bits per heavy atom. The van der Waals surface area contributed by atoms with E-state index in [1.54, 1.807) is 6.08 Å². The molecule has 0 bridgehead atoms. The second-order valence-electron chi connectivity index (χ2n) is 3.57. The first kappa shape index (κ1) is 8.02. The number of ether oxygens (including phenoxy) is 1. The summed E-state index contributed by atoms with van der Waals surface area (Å²) in [5, 5.41) is 9.64. The lowest BCUT2D eigenvalue weighted by Gasteiger charge is -2.44. The van der Waals surface area contributed by atoms with Gasteiger partial charge in [0.05, 0.1) is 18.8 Å². The number of hydrogen-bond donors (Lipinski definition) is 1. The molecule has 2 nitrogen and oxygen atoms in total. The third-order valence-corrected chi connectivity index (χ3v) is 2.76. The highest BCUT2D eigenvalue weighted by atomic mass is 16.5. The first-order chi connectivity index (χ1) is 5.81. The van der Waals surface area contributed by atoms with Crippen molar-refractivity contribution in [3.8, 4) is 0 Å². The molecule has 0 unspecified atom stereocenters. The number of aliphatic hydroxyl groups is 1. The molecule has 0 radical (unpaired) electrons. The van der Waals surface area contributed by atoms with Crippen LogP contribution in [-0.4, -0.2) is 23.9 Å². The van der Waals surface area contributed by atoms with Crippen molar-refractivity contribution in [2.75, 3.05) is 6.61 Å². The van der Waals surface area contributed by atoms with Crippen LogP contribution in [0.4, 0.5) is 0 Å². The molecular formula is C10H14O2. The summed E-state index contributed by atoms with van der Waals surface area (Å²) in [6.45, 7) is 4.39. The van der Waals surface area contributed by atoms with E-state index in [1.165, 1.54) is 5.57 Å². The average molecular weight is 166 g/mol. The molecule has 1 aliphatic heterocycles. The number of allylic oxidation sites excluding steroid dienone is 2. The van der Waals surface area contributed by atoms with E-state index in [4.69, 9.17) is 4.74 Å². The summed E-state index contributed by atoms with van der Waals surface area (Å²) >= 11 is 0. The summed E-state index contributed by atoms with van der Waals surface area (Å²) in [5.41, 5.74) is 1.26. The molecule has 1 saturated carbocycles. The van der Waals surface area contributed by atoms with Gasteiger partial charge >= 0.3 is 0 Å². The van der Waals surface area contributed by atoms with E-state index in [9.17, 15) is 5.11 Å². The number of rotatable bonds is 1. The van der Waals surface area contributed by atoms with Crippen molar-refractivity contribution < 1.29 is 9.84 Å². The minimum Gasteiger partial charge on any atom is -0.392 e. The van der Waals surface area contributed by atoms with E-state index in [0.717, 1.165) is 19.4 Å². The van der Waals surface area contributed by atoms with E-state index in [0.29, 0.717) is 5.92 Å². The molecule has 3 atom stereocenters. The normalized spacial score (nSPS) is 43.4. The third-order valence-electron chi connectivity index (χ3n) is 2.76. The molecule has 2 aliphatic rings. The Bertz CT molecular complexity index is 210. The minimum atomic E-state index is -0.191. The Morgan fingerprint density at radius 3 is 2.83 bits per heavy atom. The van der Waals surface area contributed by atoms with Gasteiger partial charge in [-0.1, -0.05) is 24.3 Å². The number of aliphatic hydroxyl groups excluding tert-OH is 1. The van der Waals surface area contributed by atoms with Crippen molar-refractivity contribution in [3.05, 3.63) is 24.3 Å². The molecule has 2 fully saturated rings. The Balaban J connectivity index is 2.05. The zero-order chi connectivity index (χ0) is 8.55. The zero-order valence-corrected chi connectivity index (χ0v) is 7.07. The Kier molecular flexibility index (Phi) is 2.03. The standard InChI is InChI=1S/C10H14O2/c1-2-3-7-4-9(11)8-6-12-10(8)5-7/h2-3,8-11H,1,4-6H2/b7-3+/t8-,9-,10-/m1/s1. The summed E-state index contributed by atoms with van der Waals surface area (Å²) in [4.78, 5) is 0. The van der Waals surface area contributed by atoms with Crippen LogP contribution in [0.3, 0.4) is 0 Å². The quantitative estimate of drug-likeness (QED) is 0.635. The topological polar surface area (TPSA) is 29.5 Å². The molecule has 0 amide bonds. The lowest BCUT2D eigenvalue weighted by Crippen LogP contribution is -2.50. The van der Waals surface area contributed by atoms with E-state index in [2.05, 4.69) is 6.58 Å². The van der Waals surface area contributed by atoms with Gasteiger partial charge in [-0.2, -0.15) is 0 Å². The monoisotopic (exact) mass is 166 g/mol. The van der Waals surface area contributed by atoms with Gasteiger partial charge in [-0.3, -0.25) is 0 Å². The van der Waals surface area contributed by atoms with Crippen LogP contribution in [0, 0.1) is 5.92 Å². The van der Waals surface area contributed by atoms with Gasteiger partial charge < -0.3 is 9.84 Å². The van der Waals surface area contributed by atoms with Crippen LogP contribution in [0.1, 0.15) is 12.8 Å². The first-order valence-corrected chi connectivity index (χ1v) is 4.41. The van der Waals surface area contributed by atoms with Gasteiger partial charge in [0.25, 0.3) is 0 Å². The maximum Gasteiger partial charge on any atom is 0.0687 e. The maximum atomic E-state index is 9.64. The number of hydrogen-bond acceptors (Lipinski definition) is 2. The minimum absolute atomic E-state index is 0.191. The SMILES string of the molecule is C=C/C=C1\C[C@@H](O)[C@H]2CO[C@@H]2C1. The van der Waals surface area contributed by atoms with Crippen molar-refractivity contribution in [3.63, 3.8) is 0 Å². The van der Waals surface area contributed by atoms with Crippen molar-refractivity contribution >= 4 is 0 Å². The predicted octanol–water partition coefficient (Wildman–Crippen LogP) is 1.27. The predicted molar refractivity (Wildman–Crippen MR) is 46.8 cm³/mol. The smallest absolute Gasteiger partial charge is 0.0687 e. The summed E-state index contributed by atoms with van der Waals surface area (Å²) < 4.78 is 5.35. The van der Waals surface area contributed by atoms with Gasteiger partial charge in [-0.25, -0.2) is 0 Å². The maximum absolute atomic E-state index is 9.64. The molecule has 66 valence electrons. The lowest BCUT2D eigenvalue weighted by atomic mass is 9.78. The van der Waals surface area contributed by atoms with Crippen LogP contribution >= 0.6 is 0 Å². The lowest BCUT2D eigenvalue weighted by molar-refractivity contribution is -0.167. The molecule has 1 aliphatic carbocycles. The van der Waals surface area contributed by atoms with Gasteiger partial charge in [-0.15, -0.1) is 0 Å². The van der Waals surface area contributed by atoms with Crippen LogP contribution in [-0.2, 0) is 4.74 Å². The molecule has 2 heteroatoms. The molecule has 0 aromatic rings. The second-order valence-corrected chi connectivity index (χ2v) is 3.57. The van der Waals surface area contributed by atoms with Gasteiger partial charge in [0.1, 0.15) is 0 Å². The molecule has 0 spiro atoms. The molecule has 12 heavy (non-hydrogen) atoms. The van der Waals surface area contributed by atoms with E-state index in [-0.39, 0.29) is 12.2 Å². The van der Waals surface area contributed by atoms with Crippen LogP contribution in [0.5, 0.6) is 0 Å². The Labute approximate surface area is 72.5 Å². The highest BCUT2D eigenvalue weighted by molar-refractivity contribution is 5.17. The Morgan fingerprint density at radius 2 is 2.33 bits per heavy atom. The van der Waals surface area contributed by atoms with Gasteiger partial charge in [-0.05, 0) is 12.8 Å². The molecule has 1 N–H and O–H groups in total. The van der Waals surface area contributed by atoms with Crippen LogP contribution in [0.25, 0.3) is 0 Å². The summed E-state index contributed by atoms with van der Waals surface area (Å²) in [6, 6.07) is 0. The molecular weight excluding hydrogens is 152 g/mol. The molecule has 2 rings (SSSR count). The van der Waals surface area contributed by atoms with Gasteiger partial charge in [0.15, 0.2) is 0 Å². The van der Waals surface area contributed by atoms with Crippen molar-refractivity contribution in [2.24, 2.45) is 5.92 Å². The average Bonchev–Trinajstić information content (AvgIpc) is 1.95. The van der Waals surface area contributed by atoms with E-state index >= 15 is 0 Å². The molecule has 0 aromatic heterocycles. The van der Waals surface area contributed by atoms with Gasteiger partial charge in [0.2, 0.25) is 0 Å². The molecule has 1 heterocycles. The van der Waals surface area contributed by atoms with Crippen molar-refractivity contribution in [2.45, 2.75) is 25.0 Å². The van der Waals surface area contributed by atoms with Gasteiger partial charge in [0, 0.05) is 5.92 Å².